The Hall–Kier alpha value is -1.16. The van der Waals surface area contributed by atoms with Gasteiger partial charge in [-0.3, -0.25) is 4.79 Å². The molecule has 2 rings (SSSR count). The van der Waals surface area contributed by atoms with Gasteiger partial charge in [0.25, 0.3) is 0 Å². The van der Waals surface area contributed by atoms with Crippen LogP contribution in [0.1, 0.15) is 5.56 Å². The molecule has 0 atom stereocenters. The molecule has 1 N–H and O–H groups in total. The van der Waals surface area contributed by atoms with Gasteiger partial charge in [0.1, 0.15) is 5.75 Å². The minimum atomic E-state index is -0.0270. The van der Waals surface area contributed by atoms with Crippen LogP contribution in [0.25, 0.3) is 0 Å². The molecule has 81 valence electrons. The van der Waals surface area contributed by atoms with Crippen LogP contribution in [0.2, 0.25) is 0 Å². The Morgan fingerprint density at radius 3 is 2.35 bits per heavy atom. The van der Waals surface area contributed by atoms with E-state index in [9.17, 15) is 9.90 Å². The summed E-state index contributed by atoms with van der Waals surface area (Å²) in [6, 6.07) is 5.13. The van der Waals surface area contributed by atoms with E-state index in [-0.39, 0.29) is 41.1 Å². The van der Waals surface area contributed by atoms with E-state index >= 15 is 0 Å². The molecule has 0 fully saturated rings. The molecule has 1 aromatic rings. The van der Waals surface area contributed by atoms with Crippen LogP contribution in [0.3, 0.4) is 0 Å². The first kappa shape index (κ1) is 13.9. The van der Waals surface area contributed by atoms with E-state index in [2.05, 4.69) is 4.99 Å². The third kappa shape index (κ3) is 3.66. The maximum absolute atomic E-state index is 10.9. The molecule has 1 radical (unpaired) electrons. The molecule has 0 unspecified atom stereocenters. The van der Waals surface area contributed by atoms with Crippen LogP contribution in [0.15, 0.2) is 47.5 Å². The summed E-state index contributed by atoms with van der Waals surface area (Å²) in [5.41, 5.74) is 2.26. The molecule has 0 saturated heterocycles. The van der Waals surface area contributed by atoms with E-state index in [4.69, 9.17) is 0 Å². The van der Waals surface area contributed by atoms with Crippen LogP contribution in [0.5, 0.6) is 5.75 Å². The quantitative estimate of drug-likeness (QED) is 0.599. The summed E-state index contributed by atoms with van der Waals surface area (Å²) in [6.07, 6.45) is 6.30. The summed E-state index contributed by atoms with van der Waals surface area (Å²) < 4.78 is 0. The Morgan fingerprint density at radius 1 is 1.12 bits per heavy atom. The van der Waals surface area contributed by atoms with E-state index in [1.165, 1.54) is 12.2 Å². The summed E-state index contributed by atoms with van der Waals surface area (Å²) in [6.45, 7) is 1.81. The van der Waals surface area contributed by atoms with E-state index in [0.717, 1.165) is 17.0 Å². The predicted octanol–water partition coefficient (Wildman–Crippen LogP) is 2.09. The van der Waals surface area contributed by atoms with Gasteiger partial charge in [0, 0.05) is 29.6 Å². The van der Waals surface area contributed by atoms with Crippen molar-refractivity contribution in [2.45, 2.75) is 6.92 Å². The number of phenolic OH excluding ortho intramolecular Hbond substituents is 1. The standard InChI is InChI=1S/C13H11NO2.Na/c1-9-8-11(4-7-13(9)16)14-10-2-5-12(15)6-3-10;/h2-8,16H,1H3;. The molecule has 4 heteroatoms. The van der Waals surface area contributed by atoms with Crippen LogP contribution in [0.4, 0.5) is 5.69 Å². The number of ketones is 1. The number of benzene rings is 1. The van der Waals surface area contributed by atoms with Crippen LogP contribution in [-0.2, 0) is 4.79 Å². The molecular formula is C13H11NNaO2. The van der Waals surface area contributed by atoms with Crippen molar-refractivity contribution in [2.75, 3.05) is 0 Å². The molecule has 0 saturated carbocycles. The third-order valence-electron chi connectivity index (χ3n) is 2.28. The summed E-state index contributed by atoms with van der Waals surface area (Å²) in [5, 5.41) is 9.36. The normalized spacial score (nSPS) is 13.5. The number of aliphatic imine (C=N–C) groups is 1. The minimum Gasteiger partial charge on any atom is -0.508 e. The van der Waals surface area contributed by atoms with Gasteiger partial charge in [0.15, 0.2) is 5.78 Å². The molecule has 1 aliphatic rings. The number of nitrogens with zero attached hydrogens (tertiary/aromatic N) is 1. The van der Waals surface area contributed by atoms with Crippen molar-refractivity contribution in [1.29, 1.82) is 0 Å². The van der Waals surface area contributed by atoms with E-state index in [1.807, 2.05) is 6.92 Å². The van der Waals surface area contributed by atoms with Gasteiger partial charge in [0.2, 0.25) is 0 Å². The van der Waals surface area contributed by atoms with Crippen LogP contribution in [-0.4, -0.2) is 46.2 Å². The molecular weight excluding hydrogens is 225 g/mol. The molecule has 1 aliphatic carbocycles. The average Bonchev–Trinajstić information content (AvgIpc) is 2.27. The van der Waals surface area contributed by atoms with Crippen LogP contribution >= 0.6 is 0 Å². The third-order valence-corrected chi connectivity index (χ3v) is 2.28. The number of carbonyl (C=O) groups excluding carboxylic acids is 1. The maximum Gasteiger partial charge on any atom is 0.178 e. The van der Waals surface area contributed by atoms with E-state index in [0.29, 0.717) is 0 Å². The Bertz CT molecular complexity index is 512. The van der Waals surface area contributed by atoms with Gasteiger partial charge in [-0.15, -0.1) is 0 Å². The number of carbonyl (C=O) groups is 1. The number of allylic oxidation sites excluding steroid dienone is 4. The number of hydrogen-bond acceptors (Lipinski definition) is 3. The topological polar surface area (TPSA) is 49.7 Å². The molecule has 3 nitrogen and oxygen atoms in total. The van der Waals surface area contributed by atoms with Crippen LogP contribution in [0, 0.1) is 6.92 Å². The first-order valence-corrected chi connectivity index (χ1v) is 4.93. The Labute approximate surface area is 122 Å². The van der Waals surface area contributed by atoms with Gasteiger partial charge < -0.3 is 5.11 Å². The Kier molecular flexibility index (Phi) is 4.87. The van der Waals surface area contributed by atoms with Crippen molar-refractivity contribution < 1.29 is 9.90 Å². The summed E-state index contributed by atoms with van der Waals surface area (Å²) in [4.78, 5) is 15.2. The average molecular weight is 236 g/mol. The largest absolute Gasteiger partial charge is 0.508 e. The summed E-state index contributed by atoms with van der Waals surface area (Å²) >= 11 is 0. The molecule has 1 aromatic carbocycles. The number of rotatable bonds is 1. The monoisotopic (exact) mass is 236 g/mol. The first-order chi connectivity index (χ1) is 7.65. The zero-order chi connectivity index (χ0) is 11.5. The second kappa shape index (κ2) is 5.96. The number of aryl methyl sites for hydroxylation is 1. The van der Waals surface area contributed by atoms with Crippen molar-refractivity contribution in [3.63, 3.8) is 0 Å². The second-order valence-corrected chi connectivity index (χ2v) is 3.58. The van der Waals surface area contributed by atoms with Crippen molar-refractivity contribution in [3.8, 4) is 5.75 Å². The number of hydrogen-bond donors (Lipinski definition) is 1. The second-order valence-electron chi connectivity index (χ2n) is 3.58. The minimum absolute atomic E-state index is 0. The van der Waals surface area contributed by atoms with Gasteiger partial charge in [-0.05, 0) is 55.0 Å². The van der Waals surface area contributed by atoms with Gasteiger partial charge >= 0.3 is 0 Å². The number of aromatic hydroxyl groups is 1. The van der Waals surface area contributed by atoms with Gasteiger partial charge in [-0.2, -0.15) is 0 Å². The molecule has 17 heavy (non-hydrogen) atoms. The predicted molar refractivity (Wildman–Crippen MR) is 69.0 cm³/mol. The fraction of sp³-hybridized carbons (Fsp3) is 0.0769. The Morgan fingerprint density at radius 2 is 1.76 bits per heavy atom. The molecule has 0 heterocycles. The van der Waals surface area contributed by atoms with E-state index < -0.39 is 0 Å². The zero-order valence-electron chi connectivity index (χ0n) is 9.84. The molecule has 0 aliphatic heterocycles. The summed E-state index contributed by atoms with van der Waals surface area (Å²) in [5.74, 6) is 0.231. The fourth-order valence-corrected chi connectivity index (χ4v) is 1.38. The maximum atomic E-state index is 10.9. The number of phenols is 1. The molecule has 0 amide bonds. The van der Waals surface area contributed by atoms with Gasteiger partial charge in [-0.25, -0.2) is 4.99 Å². The van der Waals surface area contributed by atoms with Crippen molar-refractivity contribution in [1.82, 2.24) is 0 Å². The molecule has 0 spiro atoms. The van der Waals surface area contributed by atoms with Crippen molar-refractivity contribution in [3.05, 3.63) is 48.1 Å². The fourth-order valence-electron chi connectivity index (χ4n) is 1.38. The van der Waals surface area contributed by atoms with Crippen LogP contribution < -0.4 is 0 Å². The Balaban J connectivity index is 0.00000144. The van der Waals surface area contributed by atoms with Crippen molar-refractivity contribution >= 4 is 46.7 Å². The summed E-state index contributed by atoms with van der Waals surface area (Å²) in [7, 11) is 0. The first-order valence-electron chi connectivity index (χ1n) is 4.93. The zero-order valence-corrected chi connectivity index (χ0v) is 11.8. The smallest absolute Gasteiger partial charge is 0.178 e. The van der Waals surface area contributed by atoms with Gasteiger partial charge in [0.05, 0.1) is 11.4 Å². The SMILES string of the molecule is Cc1cc(N=C2C=CC(=O)C=C2)ccc1O.[Na]. The van der Waals surface area contributed by atoms with E-state index in [1.54, 1.807) is 30.4 Å². The van der Waals surface area contributed by atoms with Crippen molar-refractivity contribution in [2.24, 2.45) is 4.99 Å². The van der Waals surface area contributed by atoms with Gasteiger partial charge in [-0.1, -0.05) is 0 Å². The molecule has 0 aromatic heterocycles. The molecule has 0 bridgehead atoms.